The zero-order valence-corrected chi connectivity index (χ0v) is 8.54. The van der Waals surface area contributed by atoms with Crippen LogP contribution in [0.1, 0.15) is 0 Å². The molecule has 2 aromatic rings. The molecule has 1 N–H and O–H groups in total. The Kier molecular flexibility index (Phi) is 2.27. The number of imidazole rings is 1. The maximum atomic E-state index is 10.6. The Bertz CT molecular complexity index is 530. The Morgan fingerprint density at radius 2 is 2.31 bits per heavy atom. The van der Waals surface area contributed by atoms with E-state index in [4.69, 9.17) is 4.42 Å². The second-order valence-electron chi connectivity index (χ2n) is 2.92. The minimum absolute atomic E-state index is 0.125. The Hall–Kier alpha value is -2.45. The predicted molar refractivity (Wildman–Crippen MR) is 52.7 cm³/mol. The molecule has 9 nitrogen and oxygen atoms in total. The van der Waals surface area contributed by atoms with Crippen molar-refractivity contribution in [1.29, 1.82) is 0 Å². The highest BCUT2D eigenvalue weighted by atomic mass is 16.6. The summed E-state index contributed by atoms with van der Waals surface area (Å²) in [5, 5.41) is 20.6. The van der Waals surface area contributed by atoms with Crippen LogP contribution in [0, 0.1) is 10.1 Å². The van der Waals surface area contributed by atoms with Crippen molar-refractivity contribution in [2.75, 3.05) is 12.4 Å². The van der Waals surface area contributed by atoms with Gasteiger partial charge in [0.1, 0.15) is 6.20 Å². The second kappa shape index (κ2) is 3.61. The summed E-state index contributed by atoms with van der Waals surface area (Å²) in [6.45, 7) is 0. The van der Waals surface area contributed by atoms with Gasteiger partial charge in [-0.2, -0.15) is 0 Å². The molecule has 16 heavy (non-hydrogen) atoms. The number of nitrogens with zero attached hydrogens (tertiary/aromatic N) is 5. The first kappa shape index (κ1) is 10.1. The van der Waals surface area contributed by atoms with Crippen molar-refractivity contribution in [3.05, 3.63) is 16.3 Å². The molecule has 2 rings (SSSR count). The van der Waals surface area contributed by atoms with E-state index < -0.39 is 4.92 Å². The lowest BCUT2D eigenvalue weighted by atomic mass is 10.6. The van der Waals surface area contributed by atoms with Gasteiger partial charge in [0.05, 0.1) is 7.05 Å². The van der Waals surface area contributed by atoms with Gasteiger partial charge in [0.2, 0.25) is 0 Å². The molecule has 84 valence electrons. The third-order valence-electron chi connectivity index (χ3n) is 1.98. The summed E-state index contributed by atoms with van der Waals surface area (Å²) >= 11 is 0. The van der Waals surface area contributed by atoms with E-state index in [-0.39, 0.29) is 23.5 Å². The van der Waals surface area contributed by atoms with E-state index in [1.807, 2.05) is 0 Å². The van der Waals surface area contributed by atoms with E-state index in [1.54, 1.807) is 7.05 Å². The van der Waals surface area contributed by atoms with E-state index in [0.717, 1.165) is 6.20 Å². The average molecular weight is 224 g/mol. The molecule has 0 saturated carbocycles. The number of aromatic nitrogens is 4. The van der Waals surface area contributed by atoms with Gasteiger partial charge in [-0.3, -0.25) is 0 Å². The number of anilines is 1. The fourth-order valence-electron chi connectivity index (χ4n) is 1.18. The van der Waals surface area contributed by atoms with Gasteiger partial charge in [-0.15, -0.1) is 5.10 Å². The standard InChI is InChI=1S/C7H8N6O3/c1-8-7-11-10-6(16-7)5-9-3-4(12(5)2)13(14)15/h3H,1-2H3,(H,8,11). The van der Waals surface area contributed by atoms with E-state index in [2.05, 4.69) is 20.5 Å². The lowest BCUT2D eigenvalue weighted by Gasteiger charge is -1.94. The van der Waals surface area contributed by atoms with Crippen molar-refractivity contribution < 1.29 is 9.34 Å². The van der Waals surface area contributed by atoms with Crippen molar-refractivity contribution in [2.45, 2.75) is 0 Å². The molecule has 9 heteroatoms. The summed E-state index contributed by atoms with van der Waals surface area (Å²) in [6.07, 6.45) is 1.14. The van der Waals surface area contributed by atoms with E-state index in [9.17, 15) is 10.1 Å². The van der Waals surface area contributed by atoms with Crippen LogP contribution in [0.25, 0.3) is 11.7 Å². The van der Waals surface area contributed by atoms with Crippen molar-refractivity contribution in [2.24, 2.45) is 7.05 Å². The number of rotatable bonds is 3. The van der Waals surface area contributed by atoms with Gasteiger partial charge in [0.25, 0.3) is 5.82 Å². The second-order valence-corrected chi connectivity index (χ2v) is 2.92. The van der Waals surface area contributed by atoms with Crippen LogP contribution in [0.3, 0.4) is 0 Å². The molecule has 0 unspecified atom stereocenters. The molecule has 0 radical (unpaired) electrons. The number of nitrogens with one attached hydrogen (secondary N) is 1. The topological polar surface area (TPSA) is 112 Å². The lowest BCUT2D eigenvalue weighted by molar-refractivity contribution is -0.391. The van der Waals surface area contributed by atoms with Gasteiger partial charge in [0.15, 0.2) is 0 Å². The Morgan fingerprint density at radius 3 is 2.81 bits per heavy atom. The average Bonchev–Trinajstić information content (AvgIpc) is 2.83. The molecule has 0 bridgehead atoms. The molecule has 2 heterocycles. The minimum Gasteiger partial charge on any atom is -0.399 e. The maximum Gasteiger partial charge on any atom is 0.343 e. The third-order valence-corrected chi connectivity index (χ3v) is 1.98. The van der Waals surface area contributed by atoms with Crippen molar-refractivity contribution in [3.63, 3.8) is 0 Å². The minimum atomic E-state index is -0.536. The van der Waals surface area contributed by atoms with Crippen molar-refractivity contribution >= 4 is 11.8 Å². The van der Waals surface area contributed by atoms with Gasteiger partial charge in [-0.05, 0) is 4.92 Å². The Morgan fingerprint density at radius 1 is 1.56 bits per heavy atom. The van der Waals surface area contributed by atoms with Crippen LogP contribution in [0.5, 0.6) is 0 Å². The van der Waals surface area contributed by atoms with E-state index >= 15 is 0 Å². The molecule has 0 atom stereocenters. The summed E-state index contributed by atoms with van der Waals surface area (Å²) in [4.78, 5) is 13.9. The van der Waals surface area contributed by atoms with Gasteiger partial charge >= 0.3 is 17.7 Å². The van der Waals surface area contributed by atoms with E-state index in [1.165, 1.54) is 11.6 Å². The highest BCUT2D eigenvalue weighted by molar-refractivity contribution is 5.46. The summed E-state index contributed by atoms with van der Waals surface area (Å²) < 4.78 is 6.42. The summed E-state index contributed by atoms with van der Waals surface area (Å²) in [6, 6.07) is 0.223. The summed E-state index contributed by atoms with van der Waals surface area (Å²) in [5.41, 5.74) is 0. The summed E-state index contributed by atoms with van der Waals surface area (Å²) in [5.74, 6) is 0.236. The highest BCUT2D eigenvalue weighted by Crippen LogP contribution is 2.21. The lowest BCUT2D eigenvalue weighted by Crippen LogP contribution is -1.98. The largest absolute Gasteiger partial charge is 0.399 e. The highest BCUT2D eigenvalue weighted by Gasteiger charge is 2.22. The predicted octanol–water partition coefficient (Wildman–Crippen LogP) is 0.420. The fourth-order valence-corrected chi connectivity index (χ4v) is 1.18. The van der Waals surface area contributed by atoms with Crippen LogP contribution in [0.2, 0.25) is 0 Å². The van der Waals surface area contributed by atoms with Crippen molar-refractivity contribution in [3.8, 4) is 11.7 Å². The molecule has 0 saturated heterocycles. The molecular formula is C7H8N6O3. The molecule has 0 aliphatic rings. The van der Waals surface area contributed by atoms with Crippen LogP contribution < -0.4 is 5.32 Å². The van der Waals surface area contributed by atoms with Crippen LogP contribution in [0.4, 0.5) is 11.8 Å². The van der Waals surface area contributed by atoms with Gasteiger partial charge in [0, 0.05) is 7.05 Å². The van der Waals surface area contributed by atoms with Crippen LogP contribution >= 0.6 is 0 Å². The third kappa shape index (κ3) is 1.47. The molecule has 0 spiro atoms. The molecule has 0 fully saturated rings. The smallest absolute Gasteiger partial charge is 0.343 e. The van der Waals surface area contributed by atoms with Crippen LogP contribution in [-0.2, 0) is 7.05 Å². The van der Waals surface area contributed by atoms with Gasteiger partial charge in [-0.1, -0.05) is 5.10 Å². The first-order valence-corrected chi connectivity index (χ1v) is 4.31. The molecule has 0 aromatic carbocycles. The number of nitro groups is 1. The SMILES string of the molecule is CNc1nnc(-c2ncc([N+](=O)[O-])n2C)o1. The first-order valence-electron chi connectivity index (χ1n) is 4.31. The Labute approximate surface area is 89.3 Å². The van der Waals surface area contributed by atoms with E-state index in [0.29, 0.717) is 0 Å². The zero-order valence-electron chi connectivity index (χ0n) is 8.54. The number of hydrogen-bond acceptors (Lipinski definition) is 7. The molecule has 2 aromatic heterocycles. The zero-order chi connectivity index (χ0) is 11.7. The first-order chi connectivity index (χ1) is 7.63. The van der Waals surface area contributed by atoms with Gasteiger partial charge in [-0.25, -0.2) is 9.55 Å². The normalized spacial score (nSPS) is 10.4. The van der Waals surface area contributed by atoms with Gasteiger partial charge < -0.3 is 19.8 Å². The molecular weight excluding hydrogens is 216 g/mol. The van der Waals surface area contributed by atoms with Crippen LogP contribution in [-0.4, -0.2) is 31.7 Å². The molecule has 0 amide bonds. The molecule has 0 aliphatic heterocycles. The fraction of sp³-hybridized carbons (Fsp3) is 0.286. The summed E-state index contributed by atoms with van der Waals surface area (Å²) in [7, 11) is 3.13. The molecule has 0 aliphatic carbocycles. The van der Waals surface area contributed by atoms with Crippen LogP contribution in [0.15, 0.2) is 10.6 Å². The number of hydrogen-bond donors (Lipinski definition) is 1. The van der Waals surface area contributed by atoms with Crippen molar-refractivity contribution in [1.82, 2.24) is 19.7 Å². The Balaban J connectivity index is 2.44. The maximum absolute atomic E-state index is 10.6. The monoisotopic (exact) mass is 224 g/mol. The quantitative estimate of drug-likeness (QED) is 0.593.